The Morgan fingerprint density at radius 2 is 2.08 bits per heavy atom. The van der Waals surface area contributed by atoms with Crippen molar-refractivity contribution in [2.45, 2.75) is 32.9 Å². The molecule has 0 bridgehead atoms. The molecule has 0 saturated carbocycles. The number of hydrogen-bond acceptors (Lipinski definition) is 3. The smallest absolute Gasteiger partial charge is 0.191 e. The zero-order chi connectivity index (χ0) is 17.7. The van der Waals surface area contributed by atoms with Gasteiger partial charge < -0.3 is 10.6 Å². The molecule has 1 atom stereocenters. The van der Waals surface area contributed by atoms with Gasteiger partial charge in [0, 0.05) is 22.6 Å². The number of sulfone groups is 1. The Morgan fingerprint density at radius 3 is 2.64 bits per heavy atom. The third-order valence-electron chi connectivity index (χ3n) is 3.73. The summed E-state index contributed by atoms with van der Waals surface area (Å²) >= 11 is 12.1. The van der Waals surface area contributed by atoms with Crippen molar-refractivity contribution in [3.63, 3.8) is 0 Å². The maximum absolute atomic E-state index is 11.5. The molecule has 1 fully saturated rings. The molecule has 2 N–H and O–H groups in total. The summed E-state index contributed by atoms with van der Waals surface area (Å²) in [7, 11) is -2.86. The lowest BCUT2D eigenvalue weighted by Crippen LogP contribution is -2.43. The Kier molecular flexibility index (Phi) is 9.28. The summed E-state index contributed by atoms with van der Waals surface area (Å²) < 4.78 is 23.1. The summed E-state index contributed by atoms with van der Waals surface area (Å²) in [4.78, 5) is 4.54. The van der Waals surface area contributed by atoms with Gasteiger partial charge >= 0.3 is 0 Å². The minimum atomic E-state index is -2.86. The van der Waals surface area contributed by atoms with Crippen LogP contribution in [0.2, 0.25) is 10.0 Å². The number of rotatable bonds is 5. The van der Waals surface area contributed by atoms with Crippen LogP contribution in [0.3, 0.4) is 0 Å². The summed E-state index contributed by atoms with van der Waals surface area (Å²) in [6.07, 6.45) is 0.702. The predicted molar refractivity (Wildman–Crippen MR) is 116 cm³/mol. The van der Waals surface area contributed by atoms with E-state index >= 15 is 0 Å². The maximum Gasteiger partial charge on any atom is 0.191 e. The molecule has 1 aliphatic rings. The molecule has 1 unspecified atom stereocenters. The first kappa shape index (κ1) is 22.8. The molecule has 0 aliphatic carbocycles. The van der Waals surface area contributed by atoms with Gasteiger partial charge in [0.25, 0.3) is 0 Å². The van der Waals surface area contributed by atoms with Crippen molar-refractivity contribution in [2.75, 3.05) is 18.1 Å². The normalized spacial score (nSPS) is 19.6. The van der Waals surface area contributed by atoms with E-state index in [-0.39, 0.29) is 47.4 Å². The van der Waals surface area contributed by atoms with Crippen LogP contribution in [0, 0.1) is 5.92 Å². The number of nitrogens with zero attached hydrogens (tertiary/aromatic N) is 1. The average Bonchev–Trinajstić information content (AvgIpc) is 2.82. The minimum Gasteiger partial charge on any atom is -0.356 e. The first-order chi connectivity index (χ1) is 11.2. The molecule has 9 heteroatoms. The van der Waals surface area contributed by atoms with Gasteiger partial charge in [0.1, 0.15) is 0 Å². The van der Waals surface area contributed by atoms with Crippen LogP contribution in [0.25, 0.3) is 0 Å². The van der Waals surface area contributed by atoms with Crippen molar-refractivity contribution in [2.24, 2.45) is 10.9 Å². The summed E-state index contributed by atoms with van der Waals surface area (Å²) in [5.74, 6) is 1.32. The molecular formula is C16H24Cl2IN3O2S. The fraction of sp³-hybridized carbons (Fsp3) is 0.562. The van der Waals surface area contributed by atoms with Crippen molar-refractivity contribution in [3.8, 4) is 0 Å². The van der Waals surface area contributed by atoms with Crippen LogP contribution in [0.1, 0.15) is 25.8 Å². The molecule has 1 heterocycles. The van der Waals surface area contributed by atoms with Gasteiger partial charge in [0.05, 0.1) is 18.1 Å². The highest BCUT2D eigenvalue weighted by Gasteiger charge is 2.27. The van der Waals surface area contributed by atoms with Gasteiger partial charge in [-0.2, -0.15) is 0 Å². The van der Waals surface area contributed by atoms with Crippen LogP contribution >= 0.6 is 47.2 Å². The molecule has 1 saturated heterocycles. The van der Waals surface area contributed by atoms with E-state index in [1.54, 1.807) is 12.1 Å². The van der Waals surface area contributed by atoms with Crippen LogP contribution in [0.15, 0.2) is 23.2 Å². The highest BCUT2D eigenvalue weighted by atomic mass is 127. The zero-order valence-corrected chi connectivity index (χ0v) is 18.9. The molecular weight excluding hydrogens is 496 g/mol. The lowest BCUT2D eigenvalue weighted by molar-refractivity contribution is 0.562. The van der Waals surface area contributed by atoms with Crippen LogP contribution in [0.4, 0.5) is 0 Å². The second kappa shape index (κ2) is 10.2. The van der Waals surface area contributed by atoms with E-state index in [0.29, 0.717) is 35.5 Å². The van der Waals surface area contributed by atoms with Gasteiger partial charge in [-0.1, -0.05) is 29.3 Å². The van der Waals surface area contributed by atoms with Crippen LogP contribution < -0.4 is 10.6 Å². The summed E-state index contributed by atoms with van der Waals surface area (Å²) in [6, 6.07) is 5.54. The van der Waals surface area contributed by atoms with E-state index in [2.05, 4.69) is 15.6 Å². The summed E-state index contributed by atoms with van der Waals surface area (Å²) in [5, 5.41) is 7.66. The van der Waals surface area contributed by atoms with Gasteiger partial charge in [-0.15, -0.1) is 24.0 Å². The highest BCUT2D eigenvalue weighted by molar-refractivity contribution is 14.0. The van der Waals surface area contributed by atoms with E-state index in [9.17, 15) is 8.42 Å². The number of aliphatic imine (C=N–C) groups is 1. The second-order valence-corrected chi connectivity index (χ2v) is 9.42. The Hall–Kier alpha value is -0.250. The molecule has 1 aliphatic heterocycles. The molecule has 1 aromatic carbocycles. The quantitative estimate of drug-likeness (QED) is 0.355. The van der Waals surface area contributed by atoms with Gasteiger partial charge in [-0.25, -0.2) is 13.4 Å². The van der Waals surface area contributed by atoms with E-state index in [4.69, 9.17) is 23.2 Å². The maximum atomic E-state index is 11.5. The summed E-state index contributed by atoms with van der Waals surface area (Å²) in [5.41, 5.74) is 0.884. The number of nitrogens with one attached hydrogen (secondary N) is 2. The number of halogens is 3. The topological polar surface area (TPSA) is 70.6 Å². The number of benzene rings is 1. The highest BCUT2D eigenvalue weighted by Crippen LogP contribution is 2.21. The van der Waals surface area contributed by atoms with E-state index < -0.39 is 9.84 Å². The average molecular weight is 520 g/mol. The van der Waals surface area contributed by atoms with Crippen molar-refractivity contribution < 1.29 is 8.42 Å². The van der Waals surface area contributed by atoms with Gasteiger partial charge in [-0.3, -0.25) is 0 Å². The second-order valence-electron chi connectivity index (χ2n) is 6.35. The molecule has 0 amide bonds. The van der Waals surface area contributed by atoms with E-state index in [1.807, 2.05) is 19.9 Å². The zero-order valence-electron chi connectivity index (χ0n) is 14.3. The third kappa shape index (κ3) is 7.88. The van der Waals surface area contributed by atoms with Crippen molar-refractivity contribution in [1.82, 2.24) is 10.6 Å². The number of guanidine groups is 1. The van der Waals surface area contributed by atoms with Gasteiger partial charge in [-0.05, 0) is 43.9 Å². The van der Waals surface area contributed by atoms with Crippen molar-refractivity contribution in [3.05, 3.63) is 33.8 Å². The lowest BCUT2D eigenvalue weighted by Gasteiger charge is -2.17. The molecule has 25 heavy (non-hydrogen) atoms. The fourth-order valence-corrected chi connectivity index (χ4v) is 4.84. The number of hydrogen-bond donors (Lipinski definition) is 2. The Labute approximate surface area is 176 Å². The Balaban J connectivity index is 0.00000312. The van der Waals surface area contributed by atoms with Crippen molar-refractivity contribution >= 4 is 63.0 Å². The lowest BCUT2D eigenvalue weighted by atomic mass is 10.1. The molecule has 0 radical (unpaired) electrons. The Bertz CT molecular complexity index is 711. The van der Waals surface area contributed by atoms with Crippen LogP contribution in [0.5, 0.6) is 0 Å². The fourth-order valence-electron chi connectivity index (χ4n) is 2.51. The predicted octanol–water partition coefficient (Wildman–Crippen LogP) is 3.49. The van der Waals surface area contributed by atoms with Gasteiger partial charge in [0.15, 0.2) is 15.8 Å². The minimum absolute atomic E-state index is 0. The standard InChI is InChI=1S/C16H23Cl2N3O2S.HI/c1-11(2)21-16(19-8-12-5-6-24(22,23)10-12)20-9-13-3-4-14(17)7-15(13)18;/h3-4,7,11-12H,5-6,8-10H2,1-2H3,(H2,19,20,21);1H. The van der Waals surface area contributed by atoms with E-state index in [0.717, 1.165) is 5.56 Å². The van der Waals surface area contributed by atoms with Crippen LogP contribution in [-0.4, -0.2) is 38.5 Å². The Morgan fingerprint density at radius 1 is 1.36 bits per heavy atom. The van der Waals surface area contributed by atoms with Gasteiger partial charge in [0.2, 0.25) is 0 Å². The van der Waals surface area contributed by atoms with E-state index in [1.165, 1.54) is 0 Å². The summed E-state index contributed by atoms with van der Waals surface area (Å²) in [6.45, 7) is 5.05. The molecule has 1 aromatic rings. The van der Waals surface area contributed by atoms with Crippen molar-refractivity contribution in [1.29, 1.82) is 0 Å². The largest absolute Gasteiger partial charge is 0.356 e. The third-order valence-corrected chi connectivity index (χ3v) is 6.16. The molecule has 0 aromatic heterocycles. The first-order valence-corrected chi connectivity index (χ1v) is 10.5. The molecule has 5 nitrogen and oxygen atoms in total. The monoisotopic (exact) mass is 519 g/mol. The molecule has 2 rings (SSSR count). The first-order valence-electron chi connectivity index (χ1n) is 7.94. The molecule has 0 spiro atoms. The molecule has 142 valence electrons. The van der Waals surface area contributed by atoms with Crippen LogP contribution in [-0.2, 0) is 16.4 Å². The SMILES string of the molecule is CC(C)NC(=NCc1ccc(Cl)cc1Cl)NCC1CCS(=O)(=O)C1.I.